The summed E-state index contributed by atoms with van der Waals surface area (Å²) in [6.45, 7) is 10.7. The zero-order valence-corrected chi connectivity index (χ0v) is 10.2. The molecule has 0 fully saturated rings. The van der Waals surface area contributed by atoms with E-state index in [-0.39, 0.29) is 17.2 Å². The summed E-state index contributed by atoms with van der Waals surface area (Å²) in [6, 6.07) is 0.104. The van der Waals surface area contributed by atoms with Crippen molar-refractivity contribution in [3.63, 3.8) is 0 Å². The van der Waals surface area contributed by atoms with Crippen molar-refractivity contribution < 1.29 is 9.90 Å². The van der Waals surface area contributed by atoms with Crippen molar-refractivity contribution in [1.82, 2.24) is 0 Å². The van der Waals surface area contributed by atoms with Crippen molar-refractivity contribution in [2.24, 2.45) is 11.5 Å². The van der Waals surface area contributed by atoms with Crippen LogP contribution in [0, 0.1) is 0 Å². The first-order valence-corrected chi connectivity index (χ1v) is 5.14. The van der Waals surface area contributed by atoms with Gasteiger partial charge >= 0.3 is 5.97 Å². The summed E-state index contributed by atoms with van der Waals surface area (Å²) < 4.78 is 0. The van der Waals surface area contributed by atoms with E-state index in [2.05, 4.69) is 20.4 Å². The SMILES string of the molecule is C=C(C)C(=O)O.CCC(N)(CC)C(C)N. The standard InChI is InChI=1S/C7H18N2.C4H6O2/c1-4-7(9,5-2)6(3)8;1-3(2)4(5)6/h6H,4-5,8-9H2,1-3H3;1H2,2H3,(H,5,6). The van der Waals surface area contributed by atoms with Crippen LogP contribution in [0.15, 0.2) is 12.2 Å². The highest BCUT2D eigenvalue weighted by molar-refractivity contribution is 5.84. The van der Waals surface area contributed by atoms with Crippen molar-refractivity contribution in [2.75, 3.05) is 0 Å². The van der Waals surface area contributed by atoms with Crippen LogP contribution >= 0.6 is 0 Å². The molecule has 15 heavy (non-hydrogen) atoms. The van der Waals surface area contributed by atoms with Crippen LogP contribution in [-0.4, -0.2) is 22.7 Å². The van der Waals surface area contributed by atoms with Crippen LogP contribution in [0.1, 0.15) is 40.5 Å². The highest BCUT2D eigenvalue weighted by Crippen LogP contribution is 2.13. The molecule has 0 rings (SSSR count). The molecular weight excluding hydrogens is 192 g/mol. The van der Waals surface area contributed by atoms with Crippen LogP contribution in [0.4, 0.5) is 0 Å². The predicted molar refractivity (Wildman–Crippen MR) is 63.6 cm³/mol. The van der Waals surface area contributed by atoms with Crippen LogP contribution in [0.3, 0.4) is 0 Å². The van der Waals surface area contributed by atoms with Gasteiger partial charge in [0.25, 0.3) is 0 Å². The van der Waals surface area contributed by atoms with E-state index in [9.17, 15) is 4.79 Å². The molecule has 0 aliphatic rings. The number of hydrogen-bond acceptors (Lipinski definition) is 3. The molecule has 4 heteroatoms. The molecule has 4 nitrogen and oxygen atoms in total. The van der Waals surface area contributed by atoms with Crippen molar-refractivity contribution in [2.45, 2.75) is 52.1 Å². The summed E-state index contributed by atoms with van der Waals surface area (Å²) >= 11 is 0. The summed E-state index contributed by atoms with van der Waals surface area (Å²) in [5.74, 6) is -0.935. The van der Waals surface area contributed by atoms with Gasteiger partial charge in [-0.25, -0.2) is 4.79 Å². The molecule has 0 saturated carbocycles. The van der Waals surface area contributed by atoms with E-state index in [1.807, 2.05) is 6.92 Å². The Balaban J connectivity index is 0. The van der Waals surface area contributed by atoms with Crippen molar-refractivity contribution in [3.8, 4) is 0 Å². The van der Waals surface area contributed by atoms with Gasteiger partial charge in [-0.15, -0.1) is 0 Å². The molecule has 0 aliphatic heterocycles. The molecule has 1 unspecified atom stereocenters. The van der Waals surface area contributed by atoms with E-state index in [1.165, 1.54) is 6.92 Å². The molecule has 0 amide bonds. The maximum absolute atomic E-state index is 9.60. The fourth-order valence-corrected chi connectivity index (χ4v) is 0.894. The third-order valence-corrected chi connectivity index (χ3v) is 2.59. The normalized spacial score (nSPS) is 12.4. The van der Waals surface area contributed by atoms with E-state index >= 15 is 0 Å². The number of carboxylic acids is 1. The van der Waals surface area contributed by atoms with E-state index in [0.717, 1.165) is 12.8 Å². The van der Waals surface area contributed by atoms with Crippen LogP contribution in [0.2, 0.25) is 0 Å². The largest absolute Gasteiger partial charge is 0.478 e. The van der Waals surface area contributed by atoms with Crippen molar-refractivity contribution in [1.29, 1.82) is 0 Å². The van der Waals surface area contributed by atoms with Gasteiger partial charge in [-0.3, -0.25) is 0 Å². The fourth-order valence-electron chi connectivity index (χ4n) is 0.894. The first-order chi connectivity index (χ1) is 6.71. The van der Waals surface area contributed by atoms with Crippen molar-refractivity contribution >= 4 is 5.97 Å². The number of rotatable bonds is 4. The van der Waals surface area contributed by atoms with Gasteiger partial charge in [0.05, 0.1) is 0 Å². The maximum Gasteiger partial charge on any atom is 0.330 e. The molecule has 0 aromatic rings. The van der Waals surface area contributed by atoms with E-state index in [1.54, 1.807) is 0 Å². The second-order valence-corrected chi connectivity index (χ2v) is 3.81. The monoisotopic (exact) mass is 216 g/mol. The van der Waals surface area contributed by atoms with Crippen LogP contribution in [-0.2, 0) is 4.79 Å². The number of carbonyl (C=O) groups is 1. The smallest absolute Gasteiger partial charge is 0.330 e. The molecule has 0 heterocycles. The molecule has 90 valence electrons. The molecule has 0 spiro atoms. The summed E-state index contributed by atoms with van der Waals surface area (Å²) in [4.78, 5) is 9.60. The number of aliphatic carboxylic acids is 1. The van der Waals surface area contributed by atoms with Crippen molar-refractivity contribution in [3.05, 3.63) is 12.2 Å². The second kappa shape index (κ2) is 7.43. The Labute approximate surface area is 92.3 Å². The first-order valence-electron chi connectivity index (χ1n) is 5.14. The second-order valence-electron chi connectivity index (χ2n) is 3.81. The Hall–Kier alpha value is -0.870. The van der Waals surface area contributed by atoms with Gasteiger partial charge in [0.1, 0.15) is 0 Å². The van der Waals surface area contributed by atoms with Gasteiger partial charge in [0, 0.05) is 17.2 Å². The maximum atomic E-state index is 9.60. The molecule has 0 saturated heterocycles. The Morgan fingerprint density at radius 3 is 1.73 bits per heavy atom. The highest BCUT2D eigenvalue weighted by Gasteiger charge is 2.24. The van der Waals surface area contributed by atoms with E-state index in [4.69, 9.17) is 16.6 Å². The molecular formula is C11H24N2O2. The Kier molecular flexibility index (Phi) is 8.20. The van der Waals surface area contributed by atoms with Gasteiger partial charge in [-0.2, -0.15) is 0 Å². The molecule has 0 aromatic carbocycles. The lowest BCUT2D eigenvalue weighted by Crippen LogP contribution is -2.52. The number of nitrogens with two attached hydrogens (primary N) is 2. The Morgan fingerprint density at radius 1 is 1.47 bits per heavy atom. The minimum atomic E-state index is -0.935. The zero-order valence-electron chi connectivity index (χ0n) is 10.2. The average molecular weight is 216 g/mol. The van der Waals surface area contributed by atoms with E-state index in [0.29, 0.717) is 0 Å². The third kappa shape index (κ3) is 7.11. The summed E-state index contributed by atoms with van der Waals surface area (Å²) in [7, 11) is 0. The quantitative estimate of drug-likeness (QED) is 0.621. The van der Waals surface area contributed by atoms with Gasteiger partial charge in [-0.05, 0) is 26.7 Å². The van der Waals surface area contributed by atoms with Crippen LogP contribution in [0.5, 0.6) is 0 Å². The Morgan fingerprint density at radius 2 is 1.73 bits per heavy atom. The molecule has 0 aliphatic carbocycles. The topological polar surface area (TPSA) is 89.3 Å². The molecule has 0 bridgehead atoms. The molecule has 5 N–H and O–H groups in total. The Bertz CT molecular complexity index is 197. The third-order valence-electron chi connectivity index (χ3n) is 2.59. The number of carboxylic acid groups (broad SMARTS) is 1. The lowest BCUT2D eigenvalue weighted by atomic mass is 9.87. The molecule has 0 radical (unpaired) electrons. The lowest BCUT2D eigenvalue weighted by Gasteiger charge is -2.30. The van der Waals surface area contributed by atoms with Crippen LogP contribution in [0.25, 0.3) is 0 Å². The predicted octanol–water partition coefficient (Wildman–Crippen LogP) is 1.50. The van der Waals surface area contributed by atoms with Gasteiger partial charge in [0.2, 0.25) is 0 Å². The molecule has 1 atom stereocenters. The fraction of sp³-hybridized carbons (Fsp3) is 0.727. The summed E-state index contributed by atoms with van der Waals surface area (Å²) in [6.07, 6.45) is 1.92. The summed E-state index contributed by atoms with van der Waals surface area (Å²) in [5, 5.41) is 7.89. The van der Waals surface area contributed by atoms with E-state index < -0.39 is 5.97 Å². The average Bonchev–Trinajstić information content (AvgIpc) is 2.17. The van der Waals surface area contributed by atoms with Gasteiger partial charge in [-0.1, -0.05) is 20.4 Å². The molecule has 0 aromatic heterocycles. The van der Waals surface area contributed by atoms with Gasteiger partial charge < -0.3 is 16.6 Å². The van der Waals surface area contributed by atoms with Gasteiger partial charge in [0.15, 0.2) is 0 Å². The summed E-state index contributed by atoms with van der Waals surface area (Å²) in [5.41, 5.74) is 11.6. The van der Waals surface area contributed by atoms with Crippen LogP contribution < -0.4 is 11.5 Å². The highest BCUT2D eigenvalue weighted by atomic mass is 16.4. The first kappa shape index (κ1) is 16.6. The zero-order chi connectivity index (χ0) is 12.6. The minimum absolute atomic E-state index is 0.104. The number of hydrogen-bond donors (Lipinski definition) is 3. The minimum Gasteiger partial charge on any atom is -0.478 e. The lowest BCUT2D eigenvalue weighted by molar-refractivity contribution is -0.132.